The third-order valence-electron chi connectivity index (χ3n) is 1.90. The van der Waals surface area contributed by atoms with Crippen LogP contribution >= 0.6 is 0 Å². The van der Waals surface area contributed by atoms with Gasteiger partial charge in [-0.15, -0.1) is 0 Å². The fourth-order valence-electron chi connectivity index (χ4n) is 1.10. The van der Waals surface area contributed by atoms with E-state index in [0.717, 1.165) is 6.08 Å². The molecule has 0 spiro atoms. The Labute approximate surface area is 90.0 Å². The maximum absolute atomic E-state index is 13.3. The van der Waals surface area contributed by atoms with Gasteiger partial charge in [0.25, 0.3) is 6.43 Å². The molecule has 5 heteroatoms. The third-order valence-corrected chi connectivity index (χ3v) is 1.90. The van der Waals surface area contributed by atoms with E-state index in [-0.39, 0.29) is 11.1 Å². The Morgan fingerprint density at radius 3 is 2.12 bits per heavy atom. The Bertz CT molecular complexity index is 385. The average Bonchev–Trinajstić information content (AvgIpc) is 2.26. The summed E-state index contributed by atoms with van der Waals surface area (Å²) in [4.78, 5) is 10.5. The molecule has 0 saturated heterocycles. The van der Waals surface area contributed by atoms with Crippen LogP contribution in [0.1, 0.15) is 22.1 Å². The highest BCUT2D eigenvalue weighted by molar-refractivity contribution is 5.87. The van der Waals surface area contributed by atoms with E-state index in [9.17, 15) is 18.0 Å². The van der Waals surface area contributed by atoms with Gasteiger partial charge in [0.15, 0.2) is 0 Å². The number of rotatable bonds is 4. The van der Waals surface area contributed by atoms with Crippen LogP contribution in [0.2, 0.25) is 0 Å². The van der Waals surface area contributed by atoms with Gasteiger partial charge in [0, 0.05) is 0 Å². The minimum atomic E-state index is -2.70. The molecule has 0 amide bonds. The van der Waals surface area contributed by atoms with Gasteiger partial charge in [-0.05, 0) is 29.8 Å². The van der Waals surface area contributed by atoms with Crippen LogP contribution in [0.25, 0.3) is 0 Å². The Hall–Kier alpha value is -1.78. The molecular formula is C11H9F3O2. The maximum atomic E-state index is 13.3. The van der Waals surface area contributed by atoms with E-state index in [4.69, 9.17) is 5.11 Å². The average molecular weight is 230 g/mol. The van der Waals surface area contributed by atoms with Crippen molar-refractivity contribution >= 4 is 5.97 Å². The molecule has 0 aliphatic rings. The predicted octanol–water partition coefficient (Wildman–Crippen LogP) is 3.22. The third kappa shape index (κ3) is 3.42. The first-order valence-corrected chi connectivity index (χ1v) is 4.44. The minimum absolute atomic E-state index is 0.0220. The SMILES string of the molecule is O=C(O)c1ccc(C(F)C=CC(F)F)cc1. The van der Waals surface area contributed by atoms with Crippen molar-refractivity contribution in [3.8, 4) is 0 Å². The first-order chi connectivity index (χ1) is 7.50. The second kappa shape index (κ2) is 5.34. The molecule has 0 aliphatic heterocycles. The fourth-order valence-corrected chi connectivity index (χ4v) is 1.10. The molecule has 1 atom stereocenters. The summed E-state index contributed by atoms with van der Waals surface area (Å²) in [6, 6.07) is 4.95. The quantitative estimate of drug-likeness (QED) is 0.806. The van der Waals surface area contributed by atoms with E-state index >= 15 is 0 Å². The Morgan fingerprint density at radius 2 is 1.69 bits per heavy atom. The van der Waals surface area contributed by atoms with Crippen LogP contribution in [0.4, 0.5) is 13.2 Å². The van der Waals surface area contributed by atoms with Gasteiger partial charge in [0.2, 0.25) is 0 Å². The van der Waals surface area contributed by atoms with Gasteiger partial charge < -0.3 is 5.11 Å². The van der Waals surface area contributed by atoms with Crippen molar-refractivity contribution in [3.05, 3.63) is 47.5 Å². The molecule has 0 aromatic heterocycles. The number of benzene rings is 1. The van der Waals surface area contributed by atoms with Crippen molar-refractivity contribution in [1.29, 1.82) is 0 Å². The van der Waals surface area contributed by atoms with Crippen molar-refractivity contribution < 1.29 is 23.1 Å². The van der Waals surface area contributed by atoms with Crippen molar-refractivity contribution in [2.45, 2.75) is 12.6 Å². The normalized spacial score (nSPS) is 13.2. The lowest BCUT2D eigenvalue weighted by Gasteiger charge is -2.03. The number of carboxylic acid groups (broad SMARTS) is 1. The van der Waals surface area contributed by atoms with E-state index in [1.54, 1.807) is 0 Å². The lowest BCUT2D eigenvalue weighted by atomic mass is 10.1. The van der Waals surface area contributed by atoms with Crippen LogP contribution in [0.3, 0.4) is 0 Å². The molecule has 1 N–H and O–H groups in total. The Balaban J connectivity index is 2.77. The second-order valence-electron chi connectivity index (χ2n) is 3.05. The molecular weight excluding hydrogens is 221 g/mol. The summed E-state index contributed by atoms with van der Waals surface area (Å²) in [5.74, 6) is -1.12. The first-order valence-electron chi connectivity index (χ1n) is 4.44. The molecule has 1 aromatic rings. The van der Waals surface area contributed by atoms with Gasteiger partial charge >= 0.3 is 5.97 Å². The highest BCUT2D eigenvalue weighted by atomic mass is 19.3. The molecule has 0 fully saturated rings. The van der Waals surface area contributed by atoms with Crippen LogP contribution in [-0.2, 0) is 0 Å². The van der Waals surface area contributed by atoms with Gasteiger partial charge in [-0.1, -0.05) is 12.1 Å². The van der Waals surface area contributed by atoms with Crippen LogP contribution in [0.15, 0.2) is 36.4 Å². The standard InChI is InChI=1S/C11H9F3O2/c12-9(5-6-10(13)14)7-1-3-8(4-2-7)11(15)16/h1-6,9-10H,(H,15,16). The number of alkyl halides is 3. The summed E-state index contributed by atoms with van der Waals surface area (Å²) in [5, 5.41) is 8.58. The van der Waals surface area contributed by atoms with Gasteiger partial charge in [-0.3, -0.25) is 0 Å². The highest BCUT2D eigenvalue weighted by Gasteiger charge is 2.08. The smallest absolute Gasteiger partial charge is 0.335 e. The van der Waals surface area contributed by atoms with Crippen molar-refractivity contribution in [2.75, 3.05) is 0 Å². The lowest BCUT2D eigenvalue weighted by molar-refractivity contribution is 0.0697. The number of hydrogen-bond donors (Lipinski definition) is 1. The largest absolute Gasteiger partial charge is 0.478 e. The van der Waals surface area contributed by atoms with Gasteiger partial charge in [-0.25, -0.2) is 18.0 Å². The van der Waals surface area contributed by atoms with Gasteiger partial charge in [-0.2, -0.15) is 0 Å². The molecule has 0 radical (unpaired) electrons. The Kier molecular flexibility index (Phi) is 4.10. The van der Waals surface area contributed by atoms with Gasteiger partial charge in [0.1, 0.15) is 6.17 Å². The molecule has 2 nitrogen and oxygen atoms in total. The van der Waals surface area contributed by atoms with Gasteiger partial charge in [0.05, 0.1) is 5.56 Å². The van der Waals surface area contributed by atoms with E-state index in [2.05, 4.69) is 0 Å². The molecule has 16 heavy (non-hydrogen) atoms. The van der Waals surface area contributed by atoms with Crippen molar-refractivity contribution in [3.63, 3.8) is 0 Å². The van der Waals surface area contributed by atoms with E-state index in [0.29, 0.717) is 6.08 Å². The summed E-state index contributed by atoms with van der Waals surface area (Å²) in [7, 11) is 0. The number of carboxylic acids is 1. The monoisotopic (exact) mass is 230 g/mol. The number of allylic oxidation sites excluding steroid dienone is 2. The molecule has 86 valence electrons. The van der Waals surface area contributed by atoms with E-state index in [1.165, 1.54) is 24.3 Å². The summed E-state index contributed by atoms with van der Waals surface area (Å²) >= 11 is 0. The Morgan fingerprint density at radius 1 is 1.12 bits per heavy atom. The van der Waals surface area contributed by atoms with Crippen LogP contribution in [0, 0.1) is 0 Å². The second-order valence-corrected chi connectivity index (χ2v) is 3.05. The van der Waals surface area contributed by atoms with E-state index in [1.807, 2.05) is 0 Å². The van der Waals surface area contributed by atoms with Crippen molar-refractivity contribution in [2.24, 2.45) is 0 Å². The number of halogens is 3. The van der Waals surface area contributed by atoms with Crippen molar-refractivity contribution in [1.82, 2.24) is 0 Å². The summed E-state index contributed by atoms with van der Waals surface area (Å²) in [6.45, 7) is 0. The zero-order valence-corrected chi connectivity index (χ0v) is 8.11. The molecule has 1 rings (SSSR count). The lowest BCUT2D eigenvalue weighted by Crippen LogP contribution is -1.97. The number of carbonyl (C=O) groups is 1. The fraction of sp³-hybridized carbons (Fsp3) is 0.182. The topological polar surface area (TPSA) is 37.3 Å². The number of hydrogen-bond acceptors (Lipinski definition) is 1. The minimum Gasteiger partial charge on any atom is -0.478 e. The summed E-state index contributed by atoms with van der Waals surface area (Å²) < 4.78 is 36.8. The summed E-state index contributed by atoms with van der Waals surface area (Å²) in [5.41, 5.74) is 0.163. The predicted molar refractivity (Wildman–Crippen MR) is 52.4 cm³/mol. The van der Waals surface area contributed by atoms with Crippen LogP contribution < -0.4 is 0 Å². The summed E-state index contributed by atoms with van der Waals surface area (Å²) in [6.07, 6.45) is -3.16. The van der Waals surface area contributed by atoms with Crippen LogP contribution in [-0.4, -0.2) is 17.5 Å². The number of aromatic carboxylic acids is 1. The maximum Gasteiger partial charge on any atom is 0.335 e. The first kappa shape index (κ1) is 12.3. The van der Waals surface area contributed by atoms with E-state index < -0.39 is 18.6 Å². The zero-order valence-electron chi connectivity index (χ0n) is 8.11. The molecule has 0 bridgehead atoms. The molecule has 1 unspecified atom stereocenters. The van der Waals surface area contributed by atoms with Crippen LogP contribution in [0.5, 0.6) is 0 Å². The highest BCUT2D eigenvalue weighted by Crippen LogP contribution is 2.19. The molecule has 0 saturated carbocycles. The molecule has 0 heterocycles. The zero-order chi connectivity index (χ0) is 12.1. The molecule has 1 aromatic carbocycles. The molecule has 0 aliphatic carbocycles.